The lowest BCUT2D eigenvalue weighted by molar-refractivity contribution is 0.231. The first-order chi connectivity index (χ1) is 9.13. The Morgan fingerprint density at radius 1 is 1.37 bits per heavy atom. The molecule has 2 amide bonds. The van der Waals surface area contributed by atoms with Gasteiger partial charge in [0.05, 0.1) is 0 Å². The highest BCUT2D eigenvalue weighted by Gasteiger charge is 2.06. The number of likely N-dealkylation sites (N-methyl/N-ethyl adjacent to an activating group) is 1. The number of amides is 2. The number of hydrogen-bond donors (Lipinski definition) is 3. The summed E-state index contributed by atoms with van der Waals surface area (Å²) in [4.78, 5) is 13.6. The van der Waals surface area contributed by atoms with E-state index < -0.39 is 0 Å². The molecule has 0 spiro atoms. The van der Waals surface area contributed by atoms with Gasteiger partial charge in [-0.3, -0.25) is 0 Å². The van der Waals surface area contributed by atoms with Crippen LogP contribution in [-0.4, -0.2) is 43.9 Å². The minimum atomic E-state index is -0.192. The molecule has 0 saturated heterocycles. The van der Waals surface area contributed by atoms with Crippen LogP contribution in [0.15, 0.2) is 30.3 Å². The fourth-order valence-electron chi connectivity index (χ4n) is 1.69. The Morgan fingerprint density at radius 3 is 2.68 bits per heavy atom. The van der Waals surface area contributed by atoms with Gasteiger partial charge in [0, 0.05) is 38.5 Å². The number of benzene rings is 1. The van der Waals surface area contributed by atoms with Crippen molar-refractivity contribution in [1.82, 2.24) is 10.6 Å². The van der Waals surface area contributed by atoms with Crippen molar-refractivity contribution in [1.29, 1.82) is 0 Å². The molecule has 0 aromatic heterocycles. The van der Waals surface area contributed by atoms with Crippen LogP contribution in [0.5, 0.6) is 0 Å². The molecule has 0 aliphatic carbocycles. The molecule has 1 aromatic rings. The highest BCUT2D eigenvalue weighted by molar-refractivity contribution is 5.74. The summed E-state index contributed by atoms with van der Waals surface area (Å²) in [6.07, 6.45) is 0.567. The highest BCUT2D eigenvalue weighted by atomic mass is 16.3. The van der Waals surface area contributed by atoms with Crippen molar-refractivity contribution in [2.45, 2.75) is 19.4 Å². The molecule has 0 unspecified atom stereocenters. The number of urea groups is 1. The van der Waals surface area contributed by atoms with Gasteiger partial charge in [0.1, 0.15) is 0 Å². The molecule has 5 heteroatoms. The third kappa shape index (κ3) is 6.10. The van der Waals surface area contributed by atoms with Crippen LogP contribution in [0.4, 0.5) is 10.5 Å². The van der Waals surface area contributed by atoms with Gasteiger partial charge in [0.15, 0.2) is 0 Å². The van der Waals surface area contributed by atoms with Crippen molar-refractivity contribution in [3.05, 3.63) is 30.3 Å². The van der Waals surface area contributed by atoms with Gasteiger partial charge in [-0.2, -0.15) is 0 Å². The van der Waals surface area contributed by atoms with Crippen LogP contribution in [-0.2, 0) is 0 Å². The Labute approximate surface area is 114 Å². The van der Waals surface area contributed by atoms with Gasteiger partial charge < -0.3 is 20.6 Å². The highest BCUT2D eigenvalue weighted by Crippen LogP contribution is 2.09. The predicted molar refractivity (Wildman–Crippen MR) is 77.4 cm³/mol. The van der Waals surface area contributed by atoms with Crippen molar-refractivity contribution in [3.63, 3.8) is 0 Å². The summed E-state index contributed by atoms with van der Waals surface area (Å²) >= 11 is 0. The molecule has 0 aliphatic rings. The largest absolute Gasteiger partial charge is 0.396 e. The second-order valence-corrected chi connectivity index (χ2v) is 4.57. The number of carbonyl (C=O) groups is 1. The van der Waals surface area contributed by atoms with E-state index in [9.17, 15) is 4.79 Å². The summed E-state index contributed by atoms with van der Waals surface area (Å²) in [5.74, 6) is 0. The van der Waals surface area contributed by atoms with Gasteiger partial charge in [-0.25, -0.2) is 4.79 Å². The van der Waals surface area contributed by atoms with Gasteiger partial charge in [-0.05, 0) is 25.5 Å². The lowest BCUT2D eigenvalue weighted by Crippen LogP contribution is -2.43. The first-order valence-corrected chi connectivity index (χ1v) is 6.55. The zero-order valence-corrected chi connectivity index (χ0v) is 11.6. The Kier molecular flexibility index (Phi) is 6.74. The van der Waals surface area contributed by atoms with Crippen LogP contribution in [0.25, 0.3) is 0 Å². The second kappa shape index (κ2) is 8.37. The van der Waals surface area contributed by atoms with Crippen molar-refractivity contribution in [3.8, 4) is 0 Å². The van der Waals surface area contributed by atoms with E-state index in [4.69, 9.17) is 5.11 Å². The average molecular weight is 265 g/mol. The summed E-state index contributed by atoms with van der Waals surface area (Å²) in [5.41, 5.74) is 1.12. The molecule has 1 rings (SSSR count). The van der Waals surface area contributed by atoms with E-state index in [0.29, 0.717) is 13.0 Å². The number of para-hydroxylation sites is 1. The number of nitrogens with zero attached hydrogens (tertiary/aromatic N) is 1. The van der Waals surface area contributed by atoms with Crippen LogP contribution in [0.1, 0.15) is 13.3 Å². The summed E-state index contributed by atoms with van der Waals surface area (Å²) in [7, 11) is 1.99. The van der Waals surface area contributed by atoms with Crippen LogP contribution < -0.4 is 15.5 Å². The monoisotopic (exact) mass is 265 g/mol. The number of carbonyl (C=O) groups excluding carboxylic acids is 1. The summed E-state index contributed by atoms with van der Waals surface area (Å²) in [6, 6.07) is 9.81. The second-order valence-electron chi connectivity index (χ2n) is 4.57. The number of rotatable bonds is 7. The zero-order valence-electron chi connectivity index (χ0n) is 11.6. The summed E-state index contributed by atoms with van der Waals surface area (Å²) in [5, 5.41) is 14.3. The average Bonchev–Trinajstić information content (AvgIpc) is 2.39. The molecule has 19 heavy (non-hydrogen) atoms. The molecular formula is C14H23N3O2. The van der Waals surface area contributed by atoms with Crippen LogP contribution >= 0.6 is 0 Å². The maximum absolute atomic E-state index is 11.5. The Hall–Kier alpha value is -1.75. The van der Waals surface area contributed by atoms with E-state index in [-0.39, 0.29) is 18.7 Å². The SMILES string of the molecule is C[C@H](CCO)NC(=O)NCCN(C)c1ccccc1. The predicted octanol–water partition coefficient (Wildman–Crippen LogP) is 1.19. The fourth-order valence-corrected chi connectivity index (χ4v) is 1.69. The maximum atomic E-state index is 11.5. The zero-order chi connectivity index (χ0) is 14.1. The van der Waals surface area contributed by atoms with Crippen molar-refractivity contribution >= 4 is 11.7 Å². The maximum Gasteiger partial charge on any atom is 0.315 e. The fraction of sp³-hybridized carbons (Fsp3) is 0.500. The van der Waals surface area contributed by atoms with Crippen LogP contribution in [0.2, 0.25) is 0 Å². The molecule has 5 nitrogen and oxygen atoms in total. The molecule has 106 valence electrons. The molecule has 0 heterocycles. The molecule has 0 aliphatic heterocycles. The van der Waals surface area contributed by atoms with Gasteiger partial charge in [0.25, 0.3) is 0 Å². The standard InChI is InChI=1S/C14H23N3O2/c1-12(8-11-18)16-14(19)15-9-10-17(2)13-6-4-3-5-7-13/h3-7,12,18H,8-11H2,1-2H3,(H2,15,16,19)/t12-/m1/s1. The Bertz CT molecular complexity index is 370. The van der Waals surface area contributed by atoms with Gasteiger partial charge in [0.2, 0.25) is 0 Å². The van der Waals surface area contributed by atoms with Gasteiger partial charge in [-0.15, -0.1) is 0 Å². The third-order valence-electron chi connectivity index (χ3n) is 2.87. The minimum absolute atomic E-state index is 0.0168. The normalized spacial score (nSPS) is 11.7. The van der Waals surface area contributed by atoms with E-state index in [1.54, 1.807) is 0 Å². The Balaban J connectivity index is 2.21. The van der Waals surface area contributed by atoms with E-state index in [1.807, 2.05) is 44.3 Å². The number of anilines is 1. The number of hydrogen-bond acceptors (Lipinski definition) is 3. The number of nitrogens with one attached hydrogen (secondary N) is 2. The number of aliphatic hydroxyl groups excluding tert-OH is 1. The lowest BCUT2D eigenvalue weighted by Gasteiger charge is -2.20. The molecule has 1 atom stereocenters. The van der Waals surface area contributed by atoms with Crippen molar-refractivity contribution in [2.75, 3.05) is 31.6 Å². The lowest BCUT2D eigenvalue weighted by atomic mass is 10.2. The molecule has 1 aromatic carbocycles. The smallest absolute Gasteiger partial charge is 0.315 e. The van der Waals surface area contributed by atoms with Crippen molar-refractivity contribution < 1.29 is 9.90 Å². The van der Waals surface area contributed by atoms with E-state index in [0.717, 1.165) is 12.2 Å². The first kappa shape index (κ1) is 15.3. The van der Waals surface area contributed by atoms with Crippen molar-refractivity contribution in [2.24, 2.45) is 0 Å². The quantitative estimate of drug-likeness (QED) is 0.694. The van der Waals surface area contributed by atoms with Crippen LogP contribution in [0.3, 0.4) is 0 Å². The molecule has 0 fully saturated rings. The van der Waals surface area contributed by atoms with E-state index >= 15 is 0 Å². The summed E-state index contributed by atoms with van der Waals surface area (Å²) in [6.45, 7) is 3.26. The third-order valence-corrected chi connectivity index (χ3v) is 2.87. The molecule has 3 N–H and O–H groups in total. The molecule has 0 saturated carbocycles. The molecular weight excluding hydrogens is 242 g/mol. The Morgan fingerprint density at radius 2 is 2.05 bits per heavy atom. The van der Waals surface area contributed by atoms with Gasteiger partial charge in [-0.1, -0.05) is 18.2 Å². The molecule has 0 radical (unpaired) electrons. The summed E-state index contributed by atoms with van der Waals surface area (Å²) < 4.78 is 0. The molecule has 0 bridgehead atoms. The first-order valence-electron chi connectivity index (χ1n) is 6.55. The number of aliphatic hydroxyl groups is 1. The van der Waals surface area contributed by atoms with Gasteiger partial charge >= 0.3 is 6.03 Å². The van der Waals surface area contributed by atoms with E-state index in [1.165, 1.54) is 0 Å². The minimum Gasteiger partial charge on any atom is -0.396 e. The van der Waals surface area contributed by atoms with Crippen LogP contribution in [0, 0.1) is 0 Å². The van der Waals surface area contributed by atoms with E-state index in [2.05, 4.69) is 15.5 Å². The topological polar surface area (TPSA) is 64.6 Å².